The Bertz CT molecular complexity index is 156. The number of hydrogen-bond acceptors (Lipinski definition) is 3. The molecule has 0 aliphatic carbocycles. The minimum absolute atomic E-state index is 0.0833. The second-order valence-electron chi connectivity index (χ2n) is 3.27. The summed E-state index contributed by atoms with van der Waals surface area (Å²) >= 11 is 0. The topological polar surface area (TPSA) is 63.5 Å². The summed E-state index contributed by atoms with van der Waals surface area (Å²) in [5.74, 6) is -0.0833. The summed E-state index contributed by atoms with van der Waals surface area (Å²) < 4.78 is 0. The maximum atomic E-state index is 9.46. The third kappa shape index (κ3) is 11.2. The van der Waals surface area contributed by atoms with Crippen LogP contribution in [0.1, 0.15) is 33.1 Å². The molecule has 0 saturated carbocycles. The van der Waals surface area contributed by atoms with E-state index in [2.05, 4.69) is 13.2 Å². The van der Waals surface area contributed by atoms with Gasteiger partial charge in [-0.2, -0.15) is 0 Å². The maximum Gasteiger partial charge on any atom is 0.0877 e. The normalized spacial score (nSPS) is 13.4. The third-order valence-electron chi connectivity index (χ3n) is 1.77. The van der Waals surface area contributed by atoms with E-state index >= 15 is 0 Å². The van der Waals surface area contributed by atoms with E-state index < -0.39 is 5.60 Å². The standard InChI is InChI=1S/C8H16O2.C3H6O/c1-3-5-6-8(10,4-2)7-9;1-3(2)4/h3,9-10H,1,4-7H2,2H3;4H,1H2,2H3/p-1. The Morgan fingerprint density at radius 2 is 2.00 bits per heavy atom. The second-order valence-corrected chi connectivity index (χ2v) is 3.27. The summed E-state index contributed by atoms with van der Waals surface area (Å²) in [6.07, 6.45) is 3.70. The summed E-state index contributed by atoms with van der Waals surface area (Å²) in [7, 11) is 0. The lowest BCUT2D eigenvalue weighted by Gasteiger charge is -2.22. The molecule has 0 aromatic heterocycles. The van der Waals surface area contributed by atoms with Gasteiger partial charge in [-0.1, -0.05) is 19.9 Å². The molecule has 0 amide bonds. The number of hydrogen-bond donors (Lipinski definition) is 2. The van der Waals surface area contributed by atoms with Crippen LogP contribution in [0.5, 0.6) is 0 Å². The van der Waals surface area contributed by atoms with E-state index in [4.69, 9.17) is 5.11 Å². The molecule has 0 bridgehead atoms. The van der Waals surface area contributed by atoms with Crippen LogP contribution in [0.25, 0.3) is 0 Å². The van der Waals surface area contributed by atoms with E-state index in [1.165, 1.54) is 6.92 Å². The number of rotatable bonds is 5. The van der Waals surface area contributed by atoms with Crippen molar-refractivity contribution >= 4 is 0 Å². The lowest BCUT2D eigenvalue weighted by atomic mass is 9.96. The Labute approximate surface area is 86.4 Å². The zero-order valence-corrected chi connectivity index (χ0v) is 9.12. The first-order chi connectivity index (χ1) is 6.41. The van der Waals surface area contributed by atoms with Crippen LogP contribution in [-0.2, 0) is 0 Å². The van der Waals surface area contributed by atoms with Gasteiger partial charge < -0.3 is 15.3 Å². The van der Waals surface area contributed by atoms with Gasteiger partial charge in [0, 0.05) is 0 Å². The lowest BCUT2D eigenvalue weighted by molar-refractivity contribution is -0.300. The van der Waals surface area contributed by atoms with Crippen LogP contribution < -0.4 is 5.11 Å². The highest BCUT2D eigenvalue weighted by Crippen LogP contribution is 2.15. The largest absolute Gasteiger partial charge is 0.876 e. The number of aliphatic hydroxyl groups excluding tert-OH is 1. The van der Waals surface area contributed by atoms with Gasteiger partial charge in [-0.25, -0.2) is 0 Å². The molecule has 0 heterocycles. The van der Waals surface area contributed by atoms with E-state index in [0.29, 0.717) is 12.8 Å². The lowest BCUT2D eigenvalue weighted by Crippen LogP contribution is -2.31. The molecule has 2 N–H and O–H groups in total. The fourth-order valence-electron chi connectivity index (χ4n) is 0.738. The molecule has 0 radical (unpaired) electrons. The first-order valence-electron chi connectivity index (χ1n) is 4.68. The van der Waals surface area contributed by atoms with Crippen LogP contribution >= 0.6 is 0 Å². The Morgan fingerprint density at radius 3 is 2.21 bits per heavy atom. The van der Waals surface area contributed by atoms with Crippen LogP contribution in [0.2, 0.25) is 0 Å². The van der Waals surface area contributed by atoms with Crippen LogP contribution in [0.4, 0.5) is 0 Å². The SMILES string of the molecule is C=C(C)[O-].C=CCCC(O)(CC)CO. The molecule has 3 heteroatoms. The van der Waals surface area contributed by atoms with Gasteiger partial charge in [0.05, 0.1) is 12.2 Å². The molecule has 3 nitrogen and oxygen atoms in total. The van der Waals surface area contributed by atoms with Gasteiger partial charge in [-0.3, -0.25) is 0 Å². The Hall–Kier alpha value is -0.800. The molecule has 84 valence electrons. The number of allylic oxidation sites excluding steroid dienone is 2. The smallest absolute Gasteiger partial charge is 0.0877 e. The average Bonchev–Trinajstić information content (AvgIpc) is 2.13. The van der Waals surface area contributed by atoms with Crippen LogP contribution in [0, 0.1) is 0 Å². The van der Waals surface area contributed by atoms with E-state index in [1.807, 2.05) is 6.92 Å². The maximum absolute atomic E-state index is 9.46. The van der Waals surface area contributed by atoms with E-state index in [1.54, 1.807) is 6.08 Å². The first-order valence-corrected chi connectivity index (χ1v) is 4.68. The predicted molar refractivity (Wildman–Crippen MR) is 56.6 cm³/mol. The van der Waals surface area contributed by atoms with Gasteiger partial charge in [0.2, 0.25) is 0 Å². The summed E-state index contributed by atoms with van der Waals surface area (Å²) in [5, 5.41) is 27.5. The minimum atomic E-state index is -0.881. The van der Waals surface area contributed by atoms with Gasteiger partial charge >= 0.3 is 0 Å². The monoisotopic (exact) mass is 201 g/mol. The molecule has 0 aliphatic rings. The second kappa shape index (κ2) is 8.78. The van der Waals surface area contributed by atoms with Gasteiger partial charge in [0.1, 0.15) is 0 Å². The zero-order chi connectivity index (χ0) is 11.6. The van der Waals surface area contributed by atoms with Gasteiger partial charge in [0.15, 0.2) is 0 Å². The molecular weight excluding hydrogens is 180 g/mol. The molecule has 0 aromatic carbocycles. The molecule has 0 fully saturated rings. The van der Waals surface area contributed by atoms with Crippen molar-refractivity contribution in [3.63, 3.8) is 0 Å². The van der Waals surface area contributed by atoms with E-state index in [0.717, 1.165) is 6.42 Å². The van der Waals surface area contributed by atoms with Gasteiger partial charge in [0.25, 0.3) is 0 Å². The predicted octanol–water partition coefficient (Wildman–Crippen LogP) is 0.966. The van der Waals surface area contributed by atoms with Crippen LogP contribution in [0.15, 0.2) is 25.0 Å². The average molecular weight is 201 g/mol. The van der Waals surface area contributed by atoms with Crippen LogP contribution in [0.3, 0.4) is 0 Å². The highest BCUT2D eigenvalue weighted by atomic mass is 16.3. The van der Waals surface area contributed by atoms with Crippen molar-refractivity contribution in [2.75, 3.05) is 6.61 Å². The Morgan fingerprint density at radius 1 is 1.57 bits per heavy atom. The van der Waals surface area contributed by atoms with Crippen molar-refractivity contribution in [2.24, 2.45) is 0 Å². The highest BCUT2D eigenvalue weighted by molar-refractivity contribution is 4.79. The molecule has 0 aliphatic heterocycles. The van der Waals surface area contributed by atoms with Crippen molar-refractivity contribution in [2.45, 2.75) is 38.7 Å². The van der Waals surface area contributed by atoms with Gasteiger partial charge in [-0.15, -0.1) is 18.9 Å². The quantitative estimate of drug-likeness (QED) is 0.514. The highest BCUT2D eigenvalue weighted by Gasteiger charge is 2.21. The molecule has 0 saturated heterocycles. The molecule has 1 atom stereocenters. The first kappa shape index (κ1) is 15.7. The fraction of sp³-hybridized carbons (Fsp3) is 0.636. The summed E-state index contributed by atoms with van der Waals surface area (Å²) in [4.78, 5) is 0. The summed E-state index contributed by atoms with van der Waals surface area (Å²) in [6, 6.07) is 0. The Kier molecular flexibility index (Phi) is 9.83. The Balaban J connectivity index is 0. The van der Waals surface area contributed by atoms with Crippen molar-refractivity contribution in [1.29, 1.82) is 0 Å². The van der Waals surface area contributed by atoms with E-state index in [9.17, 15) is 10.2 Å². The molecule has 1 unspecified atom stereocenters. The van der Waals surface area contributed by atoms with Crippen molar-refractivity contribution in [3.05, 3.63) is 25.0 Å². The third-order valence-corrected chi connectivity index (χ3v) is 1.77. The molecule has 14 heavy (non-hydrogen) atoms. The summed E-state index contributed by atoms with van der Waals surface area (Å²) in [6.45, 7) is 9.66. The van der Waals surface area contributed by atoms with Crippen molar-refractivity contribution in [1.82, 2.24) is 0 Å². The van der Waals surface area contributed by atoms with Gasteiger partial charge in [-0.05, 0) is 19.3 Å². The summed E-state index contributed by atoms with van der Waals surface area (Å²) in [5.41, 5.74) is -0.881. The van der Waals surface area contributed by atoms with Crippen molar-refractivity contribution < 1.29 is 15.3 Å². The fourth-order valence-corrected chi connectivity index (χ4v) is 0.738. The molecular formula is C11H21O3-. The van der Waals surface area contributed by atoms with E-state index in [-0.39, 0.29) is 12.4 Å². The minimum Gasteiger partial charge on any atom is -0.876 e. The van der Waals surface area contributed by atoms with Crippen molar-refractivity contribution in [3.8, 4) is 0 Å². The number of aliphatic hydroxyl groups is 2. The molecule has 0 aromatic rings. The van der Waals surface area contributed by atoms with Crippen LogP contribution in [-0.4, -0.2) is 22.4 Å². The zero-order valence-electron chi connectivity index (χ0n) is 9.12. The molecule has 0 spiro atoms. The molecule has 0 rings (SSSR count).